The van der Waals surface area contributed by atoms with Gasteiger partial charge in [0.2, 0.25) is 0 Å². The Balaban J connectivity index is 1.22. The van der Waals surface area contributed by atoms with E-state index in [4.69, 9.17) is 0 Å². The predicted octanol–water partition coefficient (Wildman–Crippen LogP) is 6.75. The van der Waals surface area contributed by atoms with Gasteiger partial charge in [0.25, 0.3) is 0 Å². The fourth-order valence-electron chi connectivity index (χ4n) is 5.65. The van der Waals surface area contributed by atoms with Crippen molar-refractivity contribution in [3.8, 4) is 11.4 Å². The summed E-state index contributed by atoms with van der Waals surface area (Å²) in [6, 6.07) is 4.96. The highest BCUT2D eigenvalue weighted by atomic mass is 19.4. The van der Waals surface area contributed by atoms with Crippen LogP contribution in [0.2, 0.25) is 0 Å². The van der Waals surface area contributed by atoms with Crippen LogP contribution in [0.3, 0.4) is 0 Å². The van der Waals surface area contributed by atoms with Gasteiger partial charge in [0.15, 0.2) is 11.5 Å². The number of halogens is 6. The first kappa shape index (κ1) is 30.9. The summed E-state index contributed by atoms with van der Waals surface area (Å²) >= 11 is 0. The number of piperidine rings is 1. The standard InChI is InChI=1S/C30H31F6N9/c1-2-11-45(17-18-3-4-18)20-8-12-44(13-9-20)25-14-21(30(34,35)36)26(43-42-25)23-16-39-27-22(7-10-37-28(27)41-23)40-24-6-5-19(15-38-24)29(31,32)33/h5-7,10,14-16,18,20H,2-4,8-9,11-13,17H2,1H3,(H,37,38,40,41). The van der Waals surface area contributed by atoms with E-state index in [-0.39, 0.29) is 28.5 Å². The van der Waals surface area contributed by atoms with E-state index in [9.17, 15) is 26.3 Å². The molecule has 9 nitrogen and oxygen atoms in total. The summed E-state index contributed by atoms with van der Waals surface area (Å²) in [6.45, 7) is 5.46. The molecular weight excluding hydrogens is 600 g/mol. The lowest BCUT2D eigenvalue weighted by Gasteiger charge is -2.39. The predicted molar refractivity (Wildman–Crippen MR) is 156 cm³/mol. The number of nitrogens with one attached hydrogen (secondary N) is 1. The average molecular weight is 632 g/mol. The van der Waals surface area contributed by atoms with E-state index < -0.39 is 29.2 Å². The molecule has 0 spiro atoms. The molecule has 238 valence electrons. The molecule has 0 aromatic carbocycles. The molecule has 5 heterocycles. The number of alkyl halides is 6. The van der Waals surface area contributed by atoms with E-state index in [1.165, 1.54) is 25.1 Å². The van der Waals surface area contributed by atoms with Gasteiger partial charge in [0.05, 0.1) is 23.0 Å². The van der Waals surface area contributed by atoms with Gasteiger partial charge < -0.3 is 10.2 Å². The van der Waals surface area contributed by atoms with E-state index >= 15 is 0 Å². The molecule has 0 amide bonds. The van der Waals surface area contributed by atoms with Gasteiger partial charge in [-0.05, 0) is 68.8 Å². The number of hydrogen-bond acceptors (Lipinski definition) is 9. The van der Waals surface area contributed by atoms with Crippen LogP contribution >= 0.6 is 0 Å². The largest absolute Gasteiger partial charge is 0.418 e. The summed E-state index contributed by atoms with van der Waals surface area (Å²) < 4.78 is 81.7. The Morgan fingerprint density at radius 1 is 0.911 bits per heavy atom. The summed E-state index contributed by atoms with van der Waals surface area (Å²) in [4.78, 5) is 20.9. The SMILES string of the molecule is CCCN(CC1CC1)C1CCN(c2cc(C(F)(F)F)c(-c3cnc4c(Nc5ccc(C(F)(F)F)cn5)ccnc4n3)nn2)CC1. The third kappa shape index (κ3) is 7.08. The minimum Gasteiger partial charge on any atom is -0.355 e. The van der Waals surface area contributed by atoms with Crippen LogP contribution in [0, 0.1) is 5.92 Å². The van der Waals surface area contributed by atoms with Crippen LogP contribution < -0.4 is 10.2 Å². The molecule has 4 aromatic rings. The van der Waals surface area contributed by atoms with Gasteiger partial charge in [-0.3, -0.25) is 4.90 Å². The van der Waals surface area contributed by atoms with Crippen LogP contribution in [0.25, 0.3) is 22.6 Å². The topological polar surface area (TPSA) is 95.8 Å². The van der Waals surface area contributed by atoms with Crippen LogP contribution in [0.5, 0.6) is 0 Å². The van der Waals surface area contributed by atoms with Crippen molar-refractivity contribution in [2.45, 2.75) is 57.4 Å². The molecular formula is C30H31F6N9. The average Bonchev–Trinajstić information content (AvgIpc) is 3.84. The molecule has 1 aliphatic heterocycles. The highest BCUT2D eigenvalue weighted by Crippen LogP contribution is 2.38. The lowest BCUT2D eigenvalue weighted by atomic mass is 10.0. The fraction of sp³-hybridized carbons (Fsp3) is 0.467. The van der Waals surface area contributed by atoms with Crippen LogP contribution in [0.4, 0.5) is 43.7 Å². The number of pyridine rings is 2. The lowest BCUT2D eigenvalue weighted by molar-refractivity contribution is -0.138. The van der Waals surface area contributed by atoms with Crippen LogP contribution in [0.15, 0.2) is 42.9 Å². The van der Waals surface area contributed by atoms with Gasteiger partial charge in [-0.25, -0.2) is 19.9 Å². The molecule has 1 aliphatic carbocycles. The molecule has 0 radical (unpaired) electrons. The third-order valence-electron chi connectivity index (χ3n) is 8.14. The number of nitrogens with zero attached hydrogens (tertiary/aromatic N) is 8. The van der Waals surface area contributed by atoms with E-state index in [1.54, 1.807) is 0 Å². The first-order valence-electron chi connectivity index (χ1n) is 14.9. The molecule has 4 aromatic heterocycles. The summed E-state index contributed by atoms with van der Waals surface area (Å²) in [5.41, 5.74) is -2.03. The first-order chi connectivity index (χ1) is 21.5. The zero-order valence-corrected chi connectivity index (χ0v) is 24.4. The summed E-state index contributed by atoms with van der Waals surface area (Å²) in [5.74, 6) is 1.04. The molecule has 6 rings (SSSR count). The monoisotopic (exact) mass is 631 g/mol. The van der Waals surface area contributed by atoms with Crippen molar-refractivity contribution in [2.75, 3.05) is 36.4 Å². The molecule has 1 saturated heterocycles. The van der Waals surface area contributed by atoms with Crippen molar-refractivity contribution < 1.29 is 26.3 Å². The molecule has 1 N–H and O–H groups in total. The summed E-state index contributed by atoms with van der Waals surface area (Å²) in [5, 5.41) is 11.0. The smallest absolute Gasteiger partial charge is 0.355 e. The molecule has 0 unspecified atom stereocenters. The Labute approximate surface area is 255 Å². The van der Waals surface area contributed by atoms with Gasteiger partial charge in [-0.2, -0.15) is 26.3 Å². The zero-order valence-electron chi connectivity index (χ0n) is 24.4. The van der Waals surface area contributed by atoms with E-state index in [0.29, 0.717) is 31.0 Å². The van der Waals surface area contributed by atoms with Crippen LogP contribution in [-0.4, -0.2) is 67.3 Å². The molecule has 45 heavy (non-hydrogen) atoms. The van der Waals surface area contributed by atoms with Gasteiger partial charge in [-0.1, -0.05) is 6.92 Å². The molecule has 0 bridgehead atoms. The van der Waals surface area contributed by atoms with Crippen molar-refractivity contribution in [2.24, 2.45) is 5.92 Å². The third-order valence-corrected chi connectivity index (χ3v) is 8.14. The Bertz CT molecular complexity index is 1630. The van der Waals surface area contributed by atoms with Crippen LogP contribution in [0.1, 0.15) is 50.2 Å². The van der Waals surface area contributed by atoms with Gasteiger partial charge in [0, 0.05) is 38.1 Å². The fourth-order valence-corrected chi connectivity index (χ4v) is 5.65. The van der Waals surface area contributed by atoms with Crippen LogP contribution in [-0.2, 0) is 12.4 Å². The number of rotatable bonds is 9. The number of fused-ring (bicyclic) bond motifs is 1. The summed E-state index contributed by atoms with van der Waals surface area (Å²) in [6.07, 6.45) is -0.781. The van der Waals surface area contributed by atoms with Gasteiger partial charge in [0.1, 0.15) is 22.7 Å². The maximum atomic E-state index is 14.3. The van der Waals surface area contributed by atoms with Crippen molar-refractivity contribution >= 4 is 28.5 Å². The maximum absolute atomic E-state index is 14.3. The zero-order chi connectivity index (χ0) is 31.8. The first-order valence-corrected chi connectivity index (χ1v) is 14.9. The second-order valence-electron chi connectivity index (χ2n) is 11.5. The molecule has 2 aliphatic rings. The molecule has 2 fully saturated rings. The number of hydrogen-bond donors (Lipinski definition) is 1. The Kier molecular flexibility index (Phi) is 8.46. The van der Waals surface area contributed by atoms with Crippen molar-refractivity contribution in [3.05, 3.63) is 54.0 Å². The second-order valence-corrected chi connectivity index (χ2v) is 11.5. The Morgan fingerprint density at radius 2 is 1.69 bits per heavy atom. The van der Waals surface area contributed by atoms with Crippen molar-refractivity contribution in [1.82, 2.24) is 35.0 Å². The second kappa shape index (κ2) is 12.3. The highest BCUT2D eigenvalue weighted by Gasteiger charge is 2.37. The van der Waals surface area contributed by atoms with E-state index in [0.717, 1.165) is 62.7 Å². The quantitative estimate of drug-likeness (QED) is 0.201. The number of anilines is 3. The van der Waals surface area contributed by atoms with Gasteiger partial charge >= 0.3 is 12.4 Å². The Morgan fingerprint density at radius 3 is 2.33 bits per heavy atom. The highest BCUT2D eigenvalue weighted by molar-refractivity contribution is 5.87. The van der Waals surface area contributed by atoms with E-state index in [1.807, 2.05) is 4.90 Å². The van der Waals surface area contributed by atoms with Crippen molar-refractivity contribution in [1.29, 1.82) is 0 Å². The number of aromatic nitrogens is 6. The minimum absolute atomic E-state index is 0.00770. The normalized spacial score (nSPS) is 16.5. The Hall–Kier alpha value is -4.14. The minimum atomic E-state index is -4.73. The van der Waals surface area contributed by atoms with E-state index in [2.05, 4.69) is 47.3 Å². The molecule has 15 heteroatoms. The summed E-state index contributed by atoms with van der Waals surface area (Å²) in [7, 11) is 0. The van der Waals surface area contributed by atoms with Gasteiger partial charge in [-0.15, -0.1) is 10.2 Å². The van der Waals surface area contributed by atoms with Crippen molar-refractivity contribution in [3.63, 3.8) is 0 Å². The maximum Gasteiger partial charge on any atom is 0.418 e. The molecule has 1 saturated carbocycles. The molecule has 0 atom stereocenters. The lowest BCUT2D eigenvalue weighted by Crippen LogP contribution is -2.46.